The molecule has 6 nitrogen and oxygen atoms in total. The van der Waals surface area contributed by atoms with Crippen LogP contribution in [-0.4, -0.2) is 47.1 Å². The lowest BCUT2D eigenvalue weighted by molar-refractivity contribution is -0.133. The summed E-state index contributed by atoms with van der Waals surface area (Å²) in [6.45, 7) is 8.96. The van der Waals surface area contributed by atoms with Gasteiger partial charge in [-0.2, -0.15) is 0 Å². The van der Waals surface area contributed by atoms with Gasteiger partial charge in [-0.1, -0.05) is 12.1 Å². The van der Waals surface area contributed by atoms with E-state index in [1.165, 1.54) is 0 Å². The number of nitrogens with zero attached hydrogens (tertiary/aromatic N) is 4. The number of aromatic nitrogens is 2. The molecule has 0 bridgehead atoms. The Morgan fingerprint density at radius 3 is 2.61 bits per heavy atom. The molecule has 1 atom stereocenters. The highest BCUT2D eigenvalue weighted by atomic mass is 32.1. The maximum atomic E-state index is 13.0. The molecule has 0 saturated carbocycles. The van der Waals surface area contributed by atoms with Gasteiger partial charge in [-0.15, -0.1) is 11.3 Å². The Bertz CT molecular complexity index is 640. The van der Waals surface area contributed by atoms with E-state index in [0.717, 1.165) is 54.7 Å². The summed E-state index contributed by atoms with van der Waals surface area (Å²) in [4.78, 5) is 21.5. The number of hydrogen-bond acceptors (Lipinski definition) is 6. The summed E-state index contributed by atoms with van der Waals surface area (Å²) in [6, 6.07) is 0. The minimum Gasteiger partial charge on any atom is -0.361 e. The maximum absolute atomic E-state index is 13.0. The Balaban J connectivity index is 1.68. The minimum absolute atomic E-state index is 0.160. The van der Waals surface area contributed by atoms with E-state index >= 15 is 0 Å². The van der Waals surface area contributed by atoms with E-state index in [2.05, 4.69) is 15.0 Å². The summed E-state index contributed by atoms with van der Waals surface area (Å²) in [7, 11) is 0. The number of anilines is 1. The lowest BCUT2D eigenvalue weighted by Gasteiger charge is -2.36. The van der Waals surface area contributed by atoms with Gasteiger partial charge in [0.1, 0.15) is 5.76 Å². The molecule has 0 aromatic carbocycles. The van der Waals surface area contributed by atoms with Crippen molar-refractivity contribution in [2.24, 2.45) is 0 Å². The van der Waals surface area contributed by atoms with Crippen molar-refractivity contribution in [1.29, 1.82) is 0 Å². The summed E-state index contributed by atoms with van der Waals surface area (Å²) < 4.78 is 5.25. The van der Waals surface area contributed by atoms with Gasteiger partial charge in [-0.3, -0.25) is 4.79 Å². The molecule has 1 amide bonds. The number of hydrogen-bond donors (Lipinski definition) is 0. The number of carbonyl (C=O) groups excluding carboxylic acids is 1. The Morgan fingerprint density at radius 1 is 1.35 bits per heavy atom. The van der Waals surface area contributed by atoms with E-state index < -0.39 is 0 Å². The fraction of sp³-hybridized carbons (Fsp3) is 0.562. The molecule has 1 aliphatic rings. The number of thiazole rings is 1. The van der Waals surface area contributed by atoms with Crippen LogP contribution in [-0.2, 0) is 4.79 Å². The van der Waals surface area contributed by atoms with Gasteiger partial charge < -0.3 is 14.3 Å². The van der Waals surface area contributed by atoms with E-state index in [-0.39, 0.29) is 11.8 Å². The average Bonchev–Trinajstić information content (AvgIpc) is 3.21. The second-order valence-corrected chi connectivity index (χ2v) is 6.70. The van der Waals surface area contributed by atoms with E-state index in [4.69, 9.17) is 4.52 Å². The molecule has 3 heterocycles. The second kappa shape index (κ2) is 6.70. The van der Waals surface area contributed by atoms with Crippen molar-refractivity contribution >= 4 is 22.4 Å². The second-order valence-electron chi connectivity index (χ2n) is 5.83. The molecular formula is C16H22N4O2S. The maximum Gasteiger partial charge on any atom is 0.230 e. The van der Waals surface area contributed by atoms with Gasteiger partial charge in [-0.05, 0) is 20.3 Å². The molecule has 1 saturated heterocycles. The molecule has 23 heavy (non-hydrogen) atoms. The summed E-state index contributed by atoms with van der Waals surface area (Å²) in [5.41, 5.74) is 1.78. The van der Waals surface area contributed by atoms with E-state index in [1.807, 2.05) is 37.2 Å². The number of rotatable bonds is 4. The van der Waals surface area contributed by atoms with Crippen LogP contribution in [0.15, 0.2) is 16.1 Å². The lowest BCUT2D eigenvalue weighted by Crippen LogP contribution is -2.50. The molecule has 0 aliphatic carbocycles. The molecule has 1 aliphatic heterocycles. The van der Waals surface area contributed by atoms with Crippen LogP contribution < -0.4 is 4.90 Å². The number of piperazine rings is 1. The molecule has 1 unspecified atom stereocenters. The van der Waals surface area contributed by atoms with E-state index in [1.54, 1.807) is 11.3 Å². The average molecular weight is 334 g/mol. The van der Waals surface area contributed by atoms with Crippen LogP contribution in [0.2, 0.25) is 0 Å². The first-order valence-electron chi connectivity index (χ1n) is 7.97. The zero-order valence-electron chi connectivity index (χ0n) is 13.8. The fourth-order valence-corrected chi connectivity index (χ4v) is 3.90. The zero-order valence-corrected chi connectivity index (χ0v) is 14.6. The number of amides is 1. The highest BCUT2D eigenvalue weighted by Gasteiger charge is 2.31. The monoisotopic (exact) mass is 334 g/mol. The molecule has 3 rings (SSSR count). The quantitative estimate of drug-likeness (QED) is 0.860. The van der Waals surface area contributed by atoms with Crippen molar-refractivity contribution in [3.8, 4) is 0 Å². The summed E-state index contributed by atoms with van der Waals surface area (Å²) in [5.74, 6) is 0.775. The first-order valence-corrected chi connectivity index (χ1v) is 8.85. The molecule has 124 valence electrons. The third kappa shape index (κ3) is 3.10. The van der Waals surface area contributed by atoms with Crippen molar-refractivity contribution in [2.75, 3.05) is 31.1 Å². The van der Waals surface area contributed by atoms with Gasteiger partial charge in [-0.25, -0.2) is 4.98 Å². The van der Waals surface area contributed by atoms with Gasteiger partial charge >= 0.3 is 0 Å². The first-order chi connectivity index (χ1) is 11.1. The van der Waals surface area contributed by atoms with Crippen LogP contribution in [0, 0.1) is 13.8 Å². The van der Waals surface area contributed by atoms with Crippen LogP contribution in [0.4, 0.5) is 5.13 Å². The van der Waals surface area contributed by atoms with Crippen LogP contribution in [0.1, 0.15) is 36.3 Å². The van der Waals surface area contributed by atoms with Crippen molar-refractivity contribution in [1.82, 2.24) is 15.0 Å². The third-order valence-electron chi connectivity index (χ3n) is 4.42. The standard InChI is InChI=1S/C16H22N4O2S/c1-4-13(14-11(2)18-22-12(14)3)15(21)19-6-8-20(9-7-19)16-17-5-10-23-16/h5,10,13H,4,6-9H2,1-3H3. The largest absolute Gasteiger partial charge is 0.361 e. The summed E-state index contributed by atoms with van der Waals surface area (Å²) in [6.07, 6.45) is 2.58. The Hall–Kier alpha value is -1.89. The van der Waals surface area contributed by atoms with Crippen molar-refractivity contribution < 1.29 is 9.32 Å². The van der Waals surface area contributed by atoms with Gasteiger partial charge in [0.25, 0.3) is 0 Å². The van der Waals surface area contributed by atoms with E-state index in [9.17, 15) is 4.79 Å². The van der Waals surface area contributed by atoms with Crippen molar-refractivity contribution in [2.45, 2.75) is 33.1 Å². The first kappa shape index (κ1) is 16.0. The van der Waals surface area contributed by atoms with Crippen molar-refractivity contribution in [3.05, 3.63) is 28.6 Å². The molecular weight excluding hydrogens is 312 g/mol. The topological polar surface area (TPSA) is 62.5 Å². The summed E-state index contributed by atoms with van der Waals surface area (Å²) >= 11 is 1.64. The van der Waals surface area contributed by atoms with Crippen molar-refractivity contribution in [3.63, 3.8) is 0 Å². The molecule has 2 aromatic heterocycles. The predicted molar refractivity (Wildman–Crippen MR) is 89.9 cm³/mol. The normalized spacial score (nSPS) is 16.7. The predicted octanol–water partition coefficient (Wildman–Crippen LogP) is 2.59. The molecule has 0 radical (unpaired) electrons. The highest BCUT2D eigenvalue weighted by Crippen LogP contribution is 2.29. The fourth-order valence-electron chi connectivity index (χ4n) is 3.20. The smallest absolute Gasteiger partial charge is 0.230 e. The molecule has 2 aromatic rings. The Kier molecular flexibility index (Phi) is 4.66. The summed E-state index contributed by atoms with van der Waals surface area (Å²) in [5, 5.41) is 7.02. The van der Waals surface area contributed by atoms with E-state index in [0.29, 0.717) is 0 Å². The van der Waals surface area contributed by atoms with Crippen LogP contribution >= 0.6 is 11.3 Å². The van der Waals surface area contributed by atoms with Crippen LogP contribution in [0.25, 0.3) is 0 Å². The molecule has 0 N–H and O–H groups in total. The zero-order chi connectivity index (χ0) is 16.4. The third-order valence-corrected chi connectivity index (χ3v) is 5.26. The highest BCUT2D eigenvalue weighted by molar-refractivity contribution is 7.13. The molecule has 7 heteroatoms. The van der Waals surface area contributed by atoms with Gasteiger partial charge in [0.15, 0.2) is 5.13 Å². The van der Waals surface area contributed by atoms with Gasteiger partial charge in [0, 0.05) is 43.3 Å². The minimum atomic E-state index is -0.160. The number of aryl methyl sites for hydroxylation is 2. The van der Waals surface area contributed by atoms with Crippen LogP contribution in [0.3, 0.4) is 0 Å². The Morgan fingerprint density at radius 2 is 2.09 bits per heavy atom. The molecule has 1 fully saturated rings. The molecule has 0 spiro atoms. The SMILES string of the molecule is CCC(C(=O)N1CCN(c2nccs2)CC1)c1c(C)noc1C. The van der Waals surface area contributed by atoms with Crippen LogP contribution in [0.5, 0.6) is 0 Å². The van der Waals surface area contributed by atoms with Gasteiger partial charge in [0.05, 0.1) is 11.6 Å². The lowest BCUT2D eigenvalue weighted by atomic mass is 9.93. The number of carbonyl (C=O) groups is 1. The Labute approximate surface area is 140 Å². The van der Waals surface area contributed by atoms with Gasteiger partial charge in [0.2, 0.25) is 5.91 Å².